The van der Waals surface area contributed by atoms with Crippen molar-refractivity contribution in [1.82, 2.24) is 4.90 Å². The first kappa shape index (κ1) is 12.5. The minimum absolute atomic E-state index is 0.121. The van der Waals surface area contributed by atoms with Crippen molar-refractivity contribution in [1.29, 1.82) is 0 Å². The molecule has 3 nitrogen and oxygen atoms in total. The van der Waals surface area contributed by atoms with Crippen LogP contribution >= 0.6 is 0 Å². The van der Waals surface area contributed by atoms with Crippen LogP contribution in [-0.2, 0) is 4.79 Å². The molecule has 2 atom stereocenters. The standard InChI is InChI=1S/C12H23NO2/c1-9(14)11(15)13-7-5-6-10(8-13)12(2,3)4/h9-10,14H,5-8H2,1-4H3. The molecule has 1 amide bonds. The van der Waals surface area contributed by atoms with Gasteiger partial charge in [0.25, 0.3) is 5.91 Å². The molecule has 1 rings (SSSR count). The Kier molecular flexibility index (Phi) is 3.77. The van der Waals surface area contributed by atoms with E-state index in [-0.39, 0.29) is 11.3 Å². The fourth-order valence-electron chi connectivity index (χ4n) is 2.15. The fourth-order valence-corrected chi connectivity index (χ4v) is 2.15. The average Bonchev–Trinajstić information content (AvgIpc) is 2.15. The second-order valence-corrected chi connectivity index (χ2v) is 5.67. The van der Waals surface area contributed by atoms with Crippen LogP contribution in [0.5, 0.6) is 0 Å². The normalized spacial score (nSPS) is 25.1. The van der Waals surface area contributed by atoms with Crippen LogP contribution in [0.1, 0.15) is 40.5 Å². The van der Waals surface area contributed by atoms with Crippen LogP contribution in [0.2, 0.25) is 0 Å². The van der Waals surface area contributed by atoms with Gasteiger partial charge in [-0.15, -0.1) is 0 Å². The summed E-state index contributed by atoms with van der Waals surface area (Å²) < 4.78 is 0. The molecule has 88 valence electrons. The van der Waals surface area contributed by atoms with E-state index in [1.54, 1.807) is 6.92 Å². The zero-order chi connectivity index (χ0) is 11.6. The monoisotopic (exact) mass is 213 g/mol. The number of aliphatic hydroxyl groups excluding tert-OH is 1. The minimum Gasteiger partial charge on any atom is -0.384 e. The van der Waals surface area contributed by atoms with E-state index in [0.717, 1.165) is 19.5 Å². The summed E-state index contributed by atoms with van der Waals surface area (Å²) in [5, 5.41) is 9.27. The van der Waals surface area contributed by atoms with Crippen molar-refractivity contribution in [2.45, 2.75) is 46.6 Å². The Morgan fingerprint density at radius 2 is 2.07 bits per heavy atom. The molecule has 0 aromatic carbocycles. The van der Waals surface area contributed by atoms with E-state index in [4.69, 9.17) is 0 Å². The topological polar surface area (TPSA) is 40.5 Å². The van der Waals surface area contributed by atoms with E-state index in [9.17, 15) is 9.90 Å². The molecule has 2 unspecified atom stereocenters. The third-order valence-corrected chi connectivity index (χ3v) is 3.32. The number of likely N-dealkylation sites (tertiary alicyclic amines) is 1. The van der Waals surface area contributed by atoms with Crippen molar-refractivity contribution in [2.24, 2.45) is 11.3 Å². The summed E-state index contributed by atoms with van der Waals surface area (Å²) in [6.45, 7) is 9.79. The Labute approximate surface area is 92.5 Å². The molecule has 1 aliphatic rings. The van der Waals surface area contributed by atoms with Gasteiger partial charge in [-0.2, -0.15) is 0 Å². The molecule has 1 saturated heterocycles. The Bertz CT molecular complexity index is 230. The van der Waals surface area contributed by atoms with E-state index in [1.165, 1.54) is 6.42 Å². The number of aliphatic hydroxyl groups is 1. The highest BCUT2D eigenvalue weighted by Crippen LogP contribution is 2.33. The molecule has 0 aliphatic carbocycles. The highest BCUT2D eigenvalue weighted by Gasteiger charge is 2.32. The van der Waals surface area contributed by atoms with E-state index in [1.807, 2.05) is 4.90 Å². The lowest BCUT2D eigenvalue weighted by Gasteiger charge is -2.40. The van der Waals surface area contributed by atoms with E-state index < -0.39 is 6.10 Å². The van der Waals surface area contributed by atoms with Crippen molar-refractivity contribution in [2.75, 3.05) is 13.1 Å². The number of piperidine rings is 1. The van der Waals surface area contributed by atoms with Crippen LogP contribution in [0.25, 0.3) is 0 Å². The third-order valence-electron chi connectivity index (χ3n) is 3.32. The molecule has 0 bridgehead atoms. The molecule has 0 aromatic heterocycles. The zero-order valence-electron chi connectivity index (χ0n) is 10.3. The van der Waals surface area contributed by atoms with Gasteiger partial charge < -0.3 is 10.0 Å². The Morgan fingerprint density at radius 1 is 1.47 bits per heavy atom. The van der Waals surface area contributed by atoms with Crippen LogP contribution in [-0.4, -0.2) is 35.1 Å². The average molecular weight is 213 g/mol. The first-order valence-corrected chi connectivity index (χ1v) is 5.79. The van der Waals surface area contributed by atoms with Gasteiger partial charge in [0.2, 0.25) is 0 Å². The summed E-state index contributed by atoms with van der Waals surface area (Å²) in [5.74, 6) is 0.429. The van der Waals surface area contributed by atoms with Gasteiger partial charge in [-0.3, -0.25) is 4.79 Å². The lowest BCUT2D eigenvalue weighted by molar-refractivity contribution is -0.141. The smallest absolute Gasteiger partial charge is 0.251 e. The number of amides is 1. The maximum absolute atomic E-state index is 11.6. The van der Waals surface area contributed by atoms with Crippen LogP contribution in [0.3, 0.4) is 0 Å². The highest BCUT2D eigenvalue weighted by atomic mass is 16.3. The number of rotatable bonds is 1. The number of hydrogen-bond donors (Lipinski definition) is 1. The molecule has 0 spiro atoms. The molecule has 1 aliphatic heterocycles. The molecule has 1 fully saturated rings. The summed E-state index contributed by atoms with van der Waals surface area (Å²) in [6.07, 6.45) is 1.39. The third kappa shape index (κ3) is 3.20. The second kappa shape index (κ2) is 4.52. The summed E-state index contributed by atoms with van der Waals surface area (Å²) >= 11 is 0. The molecule has 1 heterocycles. The van der Waals surface area contributed by atoms with Gasteiger partial charge in [0.1, 0.15) is 6.10 Å². The summed E-state index contributed by atoms with van der Waals surface area (Å²) in [4.78, 5) is 13.5. The number of hydrogen-bond acceptors (Lipinski definition) is 2. The largest absolute Gasteiger partial charge is 0.384 e. The Hall–Kier alpha value is -0.570. The van der Waals surface area contributed by atoms with Crippen LogP contribution in [0.4, 0.5) is 0 Å². The second-order valence-electron chi connectivity index (χ2n) is 5.67. The molecule has 15 heavy (non-hydrogen) atoms. The Balaban J connectivity index is 2.60. The van der Waals surface area contributed by atoms with Crippen LogP contribution in [0, 0.1) is 11.3 Å². The van der Waals surface area contributed by atoms with Crippen molar-refractivity contribution in [3.63, 3.8) is 0 Å². The van der Waals surface area contributed by atoms with Gasteiger partial charge >= 0.3 is 0 Å². The van der Waals surface area contributed by atoms with E-state index in [0.29, 0.717) is 5.92 Å². The summed E-state index contributed by atoms with van der Waals surface area (Å²) in [6, 6.07) is 0. The molecular formula is C12H23NO2. The number of nitrogens with zero attached hydrogens (tertiary/aromatic N) is 1. The fraction of sp³-hybridized carbons (Fsp3) is 0.917. The molecule has 0 aromatic rings. The van der Waals surface area contributed by atoms with E-state index in [2.05, 4.69) is 20.8 Å². The van der Waals surface area contributed by atoms with Crippen molar-refractivity contribution in [3.8, 4) is 0 Å². The lowest BCUT2D eigenvalue weighted by Crippen LogP contribution is -2.46. The van der Waals surface area contributed by atoms with Crippen LogP contribution in [0.15, 0.2) is 0 Å². The molecule has 0 radical (unpaired) electrons. The maximum Gasteiger partial charge on any atom is 0.251 e. The Morgan fingerprint density at radius 3 is 2.53 bits per heavy atom. The number of carbonyl (C=O) groups is 1. The maximum atomic E-state index is 11.6. The van der Waals surface area contributed by atoms with Gasteiger partial charge in [-0.25, -0.2) is 0 Å². The SMILES string of the molecule is CC(O)C(=O)N1CCCC(C(C)(C)C)C1. The molecular weight excluding hydrogens is 190 g/mol. The lowest BCUT2D eigenvalue weighted by atomic mass is 9.76. The first-order chi connectivity index (χ1) is 6.82. The van der Waals surface area contributed by atoms with Gasteiger partial charge in [0.15, 0.2) is 0 Å². The molecule has 0 saturated carbocycles. The highest BCUT2D eigenvalue weighted by molar-refractivity contribution is 5.80. The van der Waals surface area contributed by atoms with Gasteiger partial charge in [0, 0.05) is 13.1 Å². The predicted octanol–water partition coefficient (Wildman–Crippen LogP) is 1.65. The van der Waals surface area contributed by atoms with Crippen LogP contribution < -0.4 is 0 Å². The molecule has 1 N–H and O–H groups in total. The van der Waals surface area contributed by atoms with Gasteiger partial charge in [-0.1, -0.05) is 20.8 Å². The summed E-state index contributed by atoms with van der Waals surface area (Å²) in [5.41, 5.74) is 0.248. The minimum atomic E-state index is -0.858. The van der Waals surface area contributed by atoms with Crippen molar-refractivity contribution in [3.05, 3.63) is 0 Å². The number of carbonyl (C=O) groups excluding carboxylic acids is 1. The van der Waals surface area contributed by atoms with Gasteiger partial charge in [0.05, 0.1) is 0 Å². The van der Waals surface area contributed by atoms with Gasteiger partial charge in [-0.05, 0) is 31.1 Å². The van der Waals surface area contributed by atoms with Crippen molar-refractivity contribution >= 4 is 5.91 Å². The predicted molar refractivity (Wildman–Crippen MR) is 60.4 cm³/mol. The first-order valence-electron chi connectivity index (χ1n) is 5.79. The van der Waals surface area contributed by atoms with Crippen molar-refractivity contribution < 1.29 is 9.90 Å². The van der Waals surface area contributed by atoms with E-state index >= 15 is 0 Å². The zero-order valence-corrected chi connectivity index (χ0v) is 10.3. The summed E-state index contributed by atoms with van der Waals surface area (Å²) in [7, 11) is 0. The quantitative estimate of drug-likeness (QED) is 0.719. The molecule has 3 heteroatoms.